The van der Waals surface area contributed by atoms with E-state index in [1.54, 1.807) is 0 Å². The Morgan fingerprint density at radius 3 is 2.00 bits per heavy atom. The molecule has 0 spiro atoms. The van der Waals surface area contributed by atoms with E-state index in [1.807, 2.05) is 0 Å². The highest BCUT2D eigenvalue weighted by Crippen LogP contribution is 2.27. The van der Waals surface area contributed by atoms with Crippen LogP contribution in [0, 0.1) is 5.92 Å². The lowest BCUT2D eigenvalue weighted by atomic mass is 10.2. The summed E-state index contributed by atoms with van der Waals surface area (Å²) in [6, 6.07) is 0. The fourth-order valence-corrected chi connectivity index (χ4v) is 1.18. The number of hydrogen-bond donors (Lipinski definition) is 1. The number of hydrogen-bond acceptors (Lipinski definition) is 4. The van der Waals surface area contributed by atoms with Crippen molar-refractivity contribution in [1.82, 2.24) is 0 Å². The lowest BCUT2D eigenvalue weighted by Gasteiger charge is -2.17. The predicted molar refractivity (Wildman–Crippen MR) is 37.4 cm³/mol. The van der Waals surface area contributed by atoms with E-state index < -0.39 is 5.92 Å². The van der Waals surface area contributed by atoms with Crippen LogP contribution >= 0.6 is 24.2 Å². The van der Waals surface area contributed by atoms with Crippen molar-refractivity contribution in [2.24, 2.45) is 11.7 Å². The molecule has 0 aromatic heterocycles. The first-order valence-electron chi connectivity index (χ1n) is 2.21. The Hall–Kier alpha value is -0.0600. The Kier molecular flexibility index (Phi) is 3.17. The second-order valence-corrected chi connectivity index (χ2v) is 2.54. The van der Waals surface area contributed by atoms with Crippen LogP contribution in [0.2, 0.25) is 0 Å². The summed E-state index contributed by atoms with van der Waals surface area (Å²) in [6.07, 6.45) is 0. The second kappa shape index (κ2) is 3.20. The normalized spacial score (nSPS) is 18.8. The first kappa shape index (κ1) is 8.94. The van der Waals surface area contributed by atoms with Crippen LogP contribution in [0.25, 0.3) is 0 Å². The number of carbonyl (C=O) groups excluding carboxylic acids is 2. The molecule has 0 aromatic carbocycles. The highest BCUT2D eigenvalue weighted by Gasteiger charge is 2.38. The number of nitrogens with two attached hydrogens (primary N) is 1. The van der Waals surface area contributed by atoms with E-state index in [0.717, 1.165) is 11.8 Å². The number of rotatable bonds is 1. The Morgan fingerprint density at radius 1 is 1.44 bits per heavy atom. The molecule has 5 heteroatoms. The van der Waals surface area contributed by atoms with Gasteiger partial charge in [-0.15, -0.1) is 12.4 Å². The average molecular weight is 168 g/mol. The van der Waals surface area contributed by atoms with Crippen LogP contribution in [0.5, 0.6) is 0 Å². The molecule has 2 N–H and O–H groups in total. The van der Waals surface area contributed by atoms with Gasteiger partial charge < -0.3 is 5.73 Å². The molecule has 0 amide bonds. The molecule has 0 aliphatic carbocycles. The Morgan fingerprint density at radius 2 is 1.89 bits per heavy atom. The first-order chi connectivity index (χ1) is 3.75. The van der Waals surface area contributed by atoms with E-state index in [0.29, 0.717) is 0 Å². The summed E-state index contributed by atoms with van der Waals surface area (Å²) in [5.74, 6) is -0.486. The molecular formula is C4H6ClNO2S. The molecule has 0 bridgehead atoms. The van der Waals surface area contributed by atoms with Crippen molar-refractivity contribution in [3.8, 4) is 0 Å². The Labute approximate surface area is 62.8 Å². The van der Waals surface area contributed by atoms with Crippen molar-refractivity contribution in [2.75, 3.05) is 6.54 Å². The third-order valence-electron chi connectivity index (χ3n) is 1.01. The zero-order valence-corrected chi connectivity index (χ0v) is 6.13. The standard InChI is InChI=1S/C4H5NO2S.ClH/c5-1-2-3(6)8-4(2)7;/h2H,1,5H2;1H. The van der Waals surface area contributed by atoms with E-state index in [-0.39, 0.29) is 29.2 Å². The van der Waals surface area contributed by atoms with Crippen LogP contribution in [0.4, 0.5) is 0 Å². The van der Waals surface area contributed by atoms with E-state index in [2.05, 4.69) is 0 Å². The lowest BCUT2D eigenvalue weighted by molar-refractivity contribution is -0.126. The molecule has 0 saturated carbocycles. The minimum atomic E-state index is -0.486. The Balaban J connectivity index is 0.000000640. The van der Waals surface area contributed by atoms with Crippen LogP contribution < -0.4 is 5.73 Å². The topological polar surface area (TPSA) is 60.2 Å². The van der Waals surface area contributed by atoms with E-state index in [1.165, 1.54) is 0 Å². The molecule has 1 aliphatic heterocycles. The fourth-order valence-electron chi connectivity index (χ4n) is 0.472. The van der Waals surface area contributed by atoms with Crippen molar-refractivity contribution in [3.63, 3.8) is 0 Å². The first-order valence-corrected chi connectivity index (χ1v) is 3.03. The van der Waals surface area contributed by atoms with Gasteiger partial charge in [-0.1, -0.05) is 0 Å². The third kappa shape index (κ3) is 1.44. The summed E-state index contributed by atoms with van der Waals surface area (Å²) < 4.78 is 0. The predicted octanol–water partition coefficient (Wildman–Crippen LogP) is -0.217. The maximum absolute atomic E-state index is 10.3. The summed E-state index contributed by atoms with van der Waals surface area (Å²) in [4.78, 5) is 20.7. The molecule has 1 aliphatic rings. The van der Waals surface area contributed by atoms with Gasteiger partial charge in [0.2, 0.25) is 10.2 Å². The molecule has 1 saturated heterocycles. The van der Waals surface area contributed by atoms with Gasteiger partial charge in [-0.25, -0.2) is 0 Å². The zero-order valence-electron chi connectivity index (χ0n) is 4.49. The van der Waals surface area contributed by atoms with Crippen LogP contribution in [-0.4, -0.2) is 16.8 Å². The van der Waals surface area contributed by atoms with E-state index in [9.17, 15) is 9.59 Å². The van der Waals surface area contributed by atoms with Crippen LogP contribution in [-0.2, 0) is 9.59 Å². The van der Waals surface area contributed by atoms with Gasteiger partial charge in [-0.2, -0.15) is 0 Å². The molecule has 0 aromatic rings. The van der Waals surface area contributed by atoms with Crippen LogP contribution in [0.3, 0.4) is 0 Å². The number of halogens is 1. The molecule has 0 radical (unpaired) electrons. The van der Waals surface area contributed by atoms with E-state index in [4.69, 9.17) is 5.73 Å². The Bertz CT molecular complexity index is 136. The molecule has 9 heavy (non-hydrogen) atoms. The lowest BCUT2D eigenvalue weighted by Crippen LogP contribution is -2.37. The fraction of sp³-hybridized carbons (Fsp3) is 0.500. The summed E-state index contributed by atoms with van der Waals surface area (Å²) >= 11 is 0.758. The van der Waals surface area contributed by atoms with Gasteiger partial charge in [-0.05, 0) is 11.8 Å². The summed E-state index contributed by atoms with van der Waals surface area (Å²) in [5.41, 5.74) is 5.06. The molecular weight excluding hydrogens is 162 g/mol. The van der Waals surface area contributed by atoms with Crippen molar-refractivity contribution in [3.05, 3.63) is 0 Å². The van der Waals surface area contributed by atoms with Crippen LogP contribution in [0.1, 0.15) is 0 Å². The maximum Gasteiger partial charge on any atom is 0.209 e. The zero-order chi connectivity index (χ0) is 6.15. The minimum Gasteiger partial charge on any atom is -0.329 e. The van der Waals surface area contributed by atoms with Gasteiger partial charge in [0, 0.05) is 6.54 Å². The SMILES string of the molecule is Cl.NCC1C(=O)SC1=O. The van der Waals surface area contributed by atoms with Crippen molar-refractivity contribution >= 4 is 34.4 Å². The van der Waals surface area contributed by atoms with Gasteiger partial charge in [0.1, 0.15) is 5.92 Å². The maximum atomic E-state index is 10.3. The van der Waals surface area contributed by atoms with Gasteiger partial charge in [-0.3, -0.25) is 9.59 Å². The third-order valence-corrected chi connectivity index (χ3v) is 1.98. The van der Waals surface area contributed by atoms with E-state index >= 15 is 0 Å². The highest BCUT2D eigenvalue weighted by molar-refractivity contribution is 8.29. The van der Waals surface area contributed by atoms with Gasteiger partial charge in [0.05, 0.1) is 0 Å². The summed E-state index contributed by atoms with van der Waals surface area (Å²) in [6.45, 7) is 0.171. The minimum absolute atomic E-state index is 0. The summed E-state index contributed by atoms with van der Waals surface area (Å²) in [7, 11) is 0. The second-order valence-electron chi connectivity index (χ2n) is 1.53. The number of carbonyl (C=O) groups is 2. The molecule has 3 nitrogen and oxygen atoms in total. The molecule has 0 atom stereocenters. The average Bonchev–Trinajstić information content (AvgIpc) is 1.67. The van der Waals surface area contributed by atoms with Crippen molar-refractivity contribution < 1.29 is 9.59 Å². The molecule has 1 rings (SSSR count). The van der Waals surface area contributed by atoms with Gasteiger partial charge in [0.25, 0.3) is 0 Å². The molecule has 1 fully saturated rings. The van der Waals surface area contributed by atoms with Crippen molar-refractivity contribution in [2.45, 2.75) is 0 Å². The van der Waals surface area contributed by atoms with Gasteiger partial charge >= 0.3 is 0 Å². The molecule has 1 heterocycles. The smallest absolute Gasteiger partial charge is 0.209 e. The van der Waals surface area contributed by atoms with Crippen LogP contribution in [0.15, 0.2) is 0 Å². The quantitative estimate of drug-likeness (QED) is 0.549. The number of thioether (sulfide) groups is 1. The highest BCUT2D eigenvalue weighted by atomic mass is 35.5. The summed E-state index contributed by atoms with van der Waals surface area (Å²) in [5, 5.41) is -0.171. The van der Waals surface area contributed by atoms with Crippen molar-refractivity contribution in [1.29, 1.82) is 0 Å². The molecule has 52 valence electrons. The monoisotopic (exact) mass is 167 g/mol. The molecule has 0 unspecified atom stereocenters. The largest absolute Gasteiger partial charge is 0.329 e. The van der Waals surface area contributed by atoms with Gasteiger partial charge in [0.15, 0.2) is 0 Å².